The van der Waals surface area contributed by atoms with Crippen LogP contribution in [0.5, 0.6) is 0 Å². The number of aromatic nitrogens is 3. The Labute approximate surface area is 129 Å². The van der Waals surface area contributed by atoms with E-state index in [9.17, 15) is 4.79 Å². The zero-order valence-corrected chi connectivity index (χ0v) is 13.0. The van der Waals surface area contributed by atoms with Crippen molar-refractivity contribution >= 4 is 11.7 Å². The van der Waals surface area contributed by atoms with Gasteiger partial charge < -0.3 is 15.4 Å². The standard InChI is InChI=1S/C15H21N5O2/c1-11(8-20-10-16-9-17-20)18-15(21)19-14-6-4-5-13(7-14)12(2)22-3/h4-7,9-12H,8H2,1-3H3,(H2,18,19,21)/t11-,12-/m1/s1. The number of carbonyl (C=O) groups excluding carboxylic acids is 1. The van der Waals surface area contributed by atoms with Gasteiger partial charge in [-0.25, -0.2) is 9.78 Å². The molecule has 0 aliphatic heterocycles. The Hall–Kier alpha value is -2.41. The lowest BCUT2D eigenvalue weighted by molar-refractivity contribution is 0.119. The molecule has 0 saturated carbocycles. The number of rotatable bonds is 6. The van der Waals surface area contributed by atoms with Crippen molar-refractivity contribution in [3.63, 3.8) is 0 Å². The molecule has 1 aromatic carbocycles. The maximum absolute atomic E-state index is 12.0. The SMILES string of the molecule is CO[C@H](C)c1cccc(NC(=O)N[C@H](C)Cn2cncn2)c1. The van der Waals surface area contributed by atoms with Crippen LogP contribution in [0, 0.1) is 0 Å². The average Bonchev–Trinajstić information content (AvgIpc) is 2.99. The highest BCUT2D eigenvalue weighted by molar-refractivity contribution is 5.89. The zero-order valence-electron chi connectivity index (χ0n) is 13.0. The molecule has 7 nitrogen and oxygen atoms in total. The van der Waals surface area contributed by atoms with Gasteiger partial charge in [0.25, 0.3) is 0 Å². The Morgan fingerprint density at radius 2 is 2.23 bits per heavy atom. The summed E-state index contributed by atoms with van der Waals surface area (Å²) in [4.78, 5) is 15.9. The fraction of sp³-hybridized carbons (Fsp3) is 0.400. The van der Waals surface area contributed by atoms with Gasteiger partial charge in [-0.2, -0.15) is 5.10 Å². The lowest BCUT2D eigenvalue weighted by atomic mass is 10.1. The molecule has 0 bridgehead atoms. The normalized spacial score (nSPS) is 13.4. The van der Waals surface area contributed by atoms with Crippen molar-refractivity contribution in [3.05, 3.63) is 42.5 Å². The van der Waals surface area contributed by atoms with Gasteiger partial charge in [0.15, 0.2) is 0 Å². The van der Waals surface area contributed by atoms with E-state index < -0.39 is 0 Å². The summed E-state index contributed by atoms with van der Waals surface area (Å²) in [5, 5.41) is 9.69. The van der Waals surface area contributed by atoms with Gasteiger partial charge in [0, 0.05) is 18.8 Å². The summed E-state index contributed by atoms with van der Waals surface area (Å²) in [5.41, 5.74) is 1.74. The molecule has 2 aromatic rings. The number of hydrogen-bond donors (Lipinski definition) is 2. The lowest BCUT2D eigenvalue weighted by Crippen LogP contribution is -2.38. The van der Waals surface area contributed by atoms with E-state index in [1.807, 2.05) is 38.1 Å². The third kappa shape index (κ3) is 4.56. The maximum atomic E-state index is 12.0. The summed E-state index contributed by atoms with van der Waals surface area (Å²) in [6, 6.07) is 7.27. The summed E-state index contributed by atoms with van der Waals surface area (Å²) < 4.78 is 6.95. The average molecular weight is 303 g/mol. The van der Waals surface area contributed by atoms with Crippen LogP contribution in [-0.2, 0) is 11.3 Å². The van der Waals surface area contributed by atoms with Crippen LogP contribution in [0.4, 0.5) is 10.5 Å². The van der Waals surface area contributed by atoms with Crippen LogP contribution >= 0.6 is 0 Å². The van der Waals surface area contributed by atoms with Gasteiger partial charge in [0.1, 0.15) is 12.7 Å². The molecule has 1 heterocycles. The summed E-state index contributed by atoms with van der Waals surface area (Å²) in [6.07, 6.45) is 3.07. The van der Waals surface area contributed by atoms with Crippen molar-refractivity contribution in [1.82, 2.24) is 20.1 Å². The molecule has 0 unspecified atom stereocenters. The molecule has 0 aliphatic rings. The van der Waals surface area contributed by atoms with Crippen LogP contribution in [0.3, 0.4) is 0 Å². The van der Waals surface area contributed by atoms with Gasteiger partial charge in [-0.05, 0) is 31.5 Å². The van der Waals surface area contributed by atoms with Crippen LogP contribution in [0.25, 0.3) is 0 Å². The number of benzene rings is 1. The lowest BCUT2D eigenvalue weighted by Gasteiger charge is -2.15. The van der Waals surface area contributed by atoms with Crippen LogP contribution in [0.1, 0.15) is 25.5 Å². The van der Waals surface area contributed by atoms with Gasteiger partial charge in [0.2, 0.25) is 0 Å². The van der Waals surface area contributed by atoms with Crippen LogP contribution in [0.15, 0.2) is 36.9 Å². The maximum Gasteiger partial charge on any atom is 0.319 e. The van der Waals surface area contributed by atoms with Gasteiger partial charge in [0.05, 0.1) is 12.6 Å². The first-order valence-electron chi connectivity index (χ1n) is 7.11. The van der Waals surface area contributed by atoms with E-state index in [2.05, 4.69) is 20.7 Å². The van der Waals surface area contributed by atoms with Crippen LogP contribution in [-0.4, -0.2) is 33.9 Å². The minimum Gasteiger partial charge on any atom is -0.377 e. The molecule has 0 fully saturated rings. The van der Waals surface area contributed by atoms with E-state index in [1.54, 1.807) is 18.1 Å². The molecule has 0 radical (unpaired) electrons. The third-order valence-corrected chi connectivity index (χ3v) is 3.27. The molecule has 2 atom stereocenters. The first-order valence-corrected chi connectivity index (χ1v) is 7.11. The number of urea groups is 1. The molecule has 7 heteroatoms. The minimum absolute atomic E-state index is 0.0175. The Kier molecular flexibility index (Phi) is 5.48. The number of carbonyl (C=O) groups is 1. The van der Waals surface area contributed by atoms with Crippen molar-refractivity contribution in [1.29, 1.82) is 0 Å². The highest BCUT2D eigenvalue weighted by atomic mass is 16.5. The second-order valence-electron chi connectivity index (χ2n) is 5.12. The van der Waals surface area contributed by atoms with E-state index in [0.29, 0.717) is 6.54 Å². The summed E-state index contributed by atoms with van der Waals surface area (Å²) in [6.45, 7) is 4.43. The van der Waals surface area contributed by atoms with E-state index in [0.717, 1.165) is 11.3 Å². The Morgan fingerprint density at radius 1 is 1.41 bits per heavy atom. The monoisotopic (exact) mass is 303 g/mol. The fourth-order valence-corrected chi connectivity index (χ4v) is 2.05. The second kappa shape index (κ2) is 7.56. The number of nitrogens with zero attached hydrogens (tertiary/aromatic N) is 3. The van der Waals surface area contributed by atoms with Gasteiger partial charge in [-0.1, -0.05) is 12.1 Å². The van der Waals surface area contributed by atoms with Gasteiger partial charge in [-0.3, -0.25) is 4.68 Å². The number of ether oxygens (including phenoxy) is 1. The molecule has 118 valence electrons. The Balaban J connectivity index is 1.88. The van der Waals surface area contributed by atoms with Crippen molar-refractivity contribution < 1.29 is 9.53 Å². The quantitative estimate of drug-likeness (QED) is 0.857. The zero-order chi connectivity index (χ0) is 15.9. The van der Waals surface area contributed by atoms with E-state index in [4.69, 9.17) is 4.74 Å². The molecular weight excluding hydrogens is 282 g/mol. The highest BCUT2D eigenvalue weighted by Gasteiger charge is 2.10. The molecule has 2 N–H and O–H groups in total. The summed E-state index contributed by atoms with van der Waals surface area (Å²) in [7, 11) is 1.66. The number of anilines is 1. The Morgan fingerprint density at radius 3 is 2.91 bits per heavy atom. The molecule has 0 saturated heterocycles. The third-order valence-electron chi connectivity index (χ3n) is 3.27. The van der Waals surface area contributed by atoms with Crippen molar-refractivity contribution in [3.8, 4) is 0 Å². The van der Waals surface area contributed by atoms with Gasteiger partial charge >= 0.3 is 6.03 Å². The van der Waals surface area contributed by atoms with Gasteiger partial charge in [-0.15, -0.1) is 0 Å². The van der Waals surface area contributed by atoms with E-state index >= 15 is 0 Å². The molecule has 2 rings (SSSR count). The highest BCUT2D eigenvalue weighted by Crippen LogP contribution is 2.19. The van der Waals surface area contributed by atoms with E-state index in [1.165, 1.54) is 6.33 Å². The number of nitrogens with one attached hydrogen (secondary N) is 2. The molecule has 22 heavy (non-hydrogen) atoms. The summed E-state index contributed by atoms with van der Waals surface area (Å²) in [5.74, 6) is 0. The van der Waals surface area contributed by atoms with E-state index in [-0.39, 0.29) is 18.2 Å². The second-order valence-corrected chi connectivity index (χ2v) is 5.12. The Bertz CT molecular complexity index is 600. The first kappa shape index (κ1) is 16.0. The topological polar surface area (TPSA) is 81.1 Å². The van der Waals surface area contributed by atoms with Crippen molar-refractivity contribution in [2.45, 2.75) is 32.5 Å². The largest absolute Gasteiger partial charge is 0.377 e. The molecule has 1 aromatic heterocycles. The molecular formula is C15H21N5O2. The fourth-order valence-electron chi connectivity index (χ4n) is 2.05. The van der Waals surface area contributed by atoms with Crippen molar-refractivity contribution in [2.75, 3.05) is 12.4 Å². The molecule has 0 aliphatic carbocycles. The smallest absolute Gasteiger partial charge is 0.319 e. The first-order chi connectivity index (χ1) is 10.6. The number of methoxy groups -OCH3 is 1. The van der Waals surface area contributed by atoms with Crippen molar-refractivity contribution in [2.24, 2.45) is 0 Å². The number of hydrogen-bond acceptors (Lipinski definition) is 4. The minimum atomic E-state index is -0.255. The predicted molar refractivity (Wildman–Crippen MR) is 83.5 cm³/mol. The molecule has 0 spiro atoms. The predicted octanol–water partition coefficient (Wildman–Crippen LogP) is 2.20. The van der Waals surface area contributed by atoms with Crippen LogP contribution in [0.2, 0.25) is 0 Å². The summed E-state index contributed by atoms with van der Waals surface area (Å²) >= 11 is 0. The van der Waals surface area contributed by atoms with Crippen LogP contribution < -0.4 is 10.6 Å². The molecule has 2 amide bonds. The number of amides is 2.